The number of allylic oxidation sites excluding steroid dienone is 1. The van der Waals surface area contributed by atoms with Gasteiger partial charge in [-0.25, -0.2) is 4.68 Å². The molecule has 5 rings (SSSR count). The van der Waals surface area contributed by atoms with Crippen molar-refractivity contribution in [1.29, 1.82) is 0 Å². The van der Waals surface area contributed by atoms with Gasteiger partial charge in [0.15, 0.2) is 0 Å². The third kappa shape index (κ3) is 5.41. The van der Waals surface area contributed by atoms with Crippen molar-refractivity contribution in [3.8, 4) is 0 Å². The first kappa shape index (κ1) is 23.2. The zero-order chi connectivity index (χ0) is 24.4. The second-order valence-corrected chi connectivity index (χ2v) is 9.10. The van der Waals surface area contributed by atoms with Crippen LogP contribution in [-0.4, -0.2) is 20.7 Å². The van der Waals surface area contributed by atoms with E-state index in [1.807, 2.05) is 66.7 Å². The van der Waals surface area contributed by atoms with E-state index in [0.717, 1.165) is 22.4 Å². The van der Waals surface area contributed by atoms with Crippen molar-refractivity contribution < 1.29 is 4.79 Å². The van der Waals surface area contributed by atoms with E-state index in [1.165, 1.54) is 6.08 Å². The van der Waals surface area contributed by atoms with E-state index in [0.29, 0.717) is 21.0 Å². The van der Waals surface area contributed by atoms with E-state index in [9.17, 15) is 4.79 Å². The number of carbonyl (C=O) groups is 1. The molecule has 2 heterocycles. The molecule has 1 aromatic heterocycles. The molecule has 0 radical (unpaired) electrons. The Bertz CT molecular complexity index is 1430. The average Bonchev–Trinajstić information content (AvgIpc) is 3.26. The number of aromatic nitrogens is 3. The minimum Gasteiger partial charge on any atom is -0.324 e. The fourth-order valence-corrected chi connectivity index (χ4v) is 4.02. The second-order valence-electron chi connectivity index (χ2n) is 7.79. The molecule has 1 aliphatic heterocycles. The monoisotopic (exact) mass is 521 g/mol. The van der Waals surface area contributed by atoms with E-state index >= 15 is 0 Å². The summed E-state index contributed by atoms with van der Waals surface area (Å²) in [6.07, 6.45) is 5.15. The van der Waals surface area contributed by atoms with Gasteiger partial charge in [0.25, 0.3) is 11.9 Å². The maximum Gasteiger partial charge on any atom is 0.250 e. The van der Waals surface area contributed by atoms with Gasteiger partial charge in [0, 0.05) is 26.8 Å². The largest absolute Gasteiger partial charge is 0.324 e. The molecule has 174 valence electrons. The van der Waals surface area contributed by atoms with Crippen LogP contribution < -0.4 is 10.6 Å². The number of nitrogens with zero attached hydrogens (tertiary/aromatic N) is 3. The molecular weight excluding hydrogens is 505 g/mol. The Balaban J connectivity index is 1.42. The van der Waals surface area contributed by atoms with Gasteiger partial charge in [-0.15, -0.1) is 5.10 Å². The maximum atomic E-state index is 12.5. The van der Waals surface area contributed by atoms with E-state index in [1.54, 1.807) is 22.9 Å². The molecule has 1 aliphatic rings. The standard InChI is InChI=1S/C26H18Cl3N5O/c27-19-8-1-16(2-9-19)3-14-24(35)31-25-32-26-30-22(17-4-10-20(28)11-5-17)15-23(34(26)33-25)18-6-12-21(29)13-7-18/h1-15,23H,(H2,30,31,32,33,35). The summed E-state index contributed by atoms with van der Waals surface area (Å²) in [4.78, 5) is 17.0. The predicted octanol–water partition coefficient (Wildman–Crippen LogP) is 6.95. The van der Waals surface area contributed by atoms with Crippen LogP contribution in [0.5, 0.6) is 0 Å². The fourth-order valence-electron chi connectivity index (χ4n) is 3.64. The smallest absolute Gasteiger partial charge is 0.250 e. The molecule has 0 bridgehead atoms. The van der Waals surface area contributed by atoms with Crippen LogP contribution in [0.25, 0.3) is 11.8 Å². The van der Waals surface area contributed by atoms with Crippen molar-refractivity contribution in [2.45, 2.75) is 6.04 Å². The Morgan fingerprint density at radius 3 is 2.14 bits per heavy atom. The molecular formula is C26H18Cl3N5O. The van der Waals surface area contributed by atoms with Crippen LogP contribution in [0, 0.1) is 0 Å². The molecule has 2 N–H and O–H groups in total. The van der Waals surface area contributed by atoms with Crippen LogP contribution in [0.1, 0.15) is 22.7 Å². The Kier molecular flexibility index (Phi) is 6.59. The lowest BCUT2D eigenvalue weighted by molar-refractivity contribution is -0.111. The second kappa shape index (κ2) is 9.96. The number of halogens is 3. The highest BCUT2D eigenvalue weighted by molar-refractivity contribution is 6.31. The molecule has 1 amide bonds. The SMILES string of the molecule is O=C(C=Cc1ccc(Cl)cc1)Nc1nc2n(n1)C(c1ccc(Cl)cc1)C=C(c1ccc(Cl)cc1)N2. The van der Waals surface area contributed by atoms with Crippen LogP contribution in [0.4, 0.5) is 11.9 Å². The molecule has 0 saturated heterocycles. The normalized spacial score (nSPS) is 14.8. The summed E-state index contributed by atoms with van der Waals surface area (Å²) >= 11 is 18.1. The summed E-state index contributed by atoms with van der Waals surface area (Å²) in [5.74, 6) is 0.328. The van der Waals surface area contributed by atoms with E-state index in [4.69, 9.17) is 34.8 Å². The number of fused-ring (bicyclic) bond motifs is 1. The van der Waals surface area contributed by atoms with Crippen molar-refractivity contribution in [2.75, 3.05) is 10.6 Å². The van der Waals surface area contributed by atoms with Gasteiger partial charge in [-0.1, -0.05) is 71.2 Å². The first-order valence-corrected chi connectivity index (χ1v) is 11.8. The summed E-state index contributed by atoms with van der Waals surface area (Å²) in [6, 6.07) is 21.9. The molecule has 0 saturated carbocycles. The summed E-state index contributed by atoms with van der Waals surface area (Å²) < 4.78 is 1.72. The van der Waals surface area contributed by atoms with Gasteiger partial charge < -0.3 is 5.32 Å². The zero-order valence-corrected chi connectivity index (χ0v) is 20.4. The average molecular weight is 523 g/mol. The van der Waals surface area contributed by atoms with Crippen LogP contribution in [0.15, 0.2) is 84.9 Å². The molecule has 35 heavy (non-hydrogen) atoms. The number of nitrogens with one attached hydrogen (secondary N) is 2. The highest BCUT2D eigenvalue weighted by Gasteiger charge is 2.25. The molecule has 1 unspecified atom stereocenters. The number of amides is 1. The molecule has 9 heteroatoms. The van der Waals surface area contributed by atoms with E-state index in [2.05, 4.69) is 20.7 Å². The van der Waals surface area contributed by atoms with Gasteiger partial charge in [0.05, 0.1) is 0 Å². The minimum absolute atomic E-state index is 0.183. The van der Waals surface area contributed by atoms with Gasteiger partial charge in [0.1, 0.15) is 6.04 Å². The Morgan fingerprint density at radius 1 is 0.886 bits per heavy atom. The van der Waals surface area contributed by atoms with Crippen molar-refractivity contribution in [1.82, 2.24) is 14.8 Å². The highest BCUT2D eigenvalue weighted by Crippen LogP contribution is 2.34. The highest BCUT2D eigenvalue weighted by atomic mass is 35.5. The van der Waals surface area contributed by atoms with Crippen LogP contribution in [0.2, 0.25) is 15.1 Å². The van der Waals surface area contributed by atoms with Crippen molar-refractivity contribution in [3.63, 3.8) is 0 Å². The van der Waals surface area contributed by atoms with Crippen LogP contribution in [0.3, 0.4) is 0 Å². The lowest BCUT2D eigenvalue weighted by atomic mass is 10.0. The molecule has 3 aromatic carbocycles. The summed E-state index contributed by atoms with van der Waals surface area (Å²) in [5, 5.41) is 12.5. The zero-order valence-electron chi connectivity index (χ0n) is 18.1. The van der Waals surface area contributed by atoms with Crippen molar-refractivity contribution >= 4 is 64.4 Å². The molecule has 0 aliphatic carbocycles. The number of anilines is 2. The van der Waals surface area contributed by atoms with Gasteiger partial charge in [0.2, 0.25) is 5.95 Å². The first-order chi connectivity index (χ1) is 16.9. The summed E-state index contributed by atoms with van der Waals surface area (Å²) in [7, 11) is 0. The number of hydrogen-bond donors (Lipinski definition) is 2. The lowest BCUT2D eigenvalue weighted by Gasteiger charge is -2.24. The molecule has 0 fully saturated rings. The van der Waals surface area contributed by atoms with E-state index < -0.39 is 0 Å². The predicted molar refractivity (Wildman–Crippen MR) is 142 cm³/mol. The van der Waals surface area contributed by atoms with Crippen molar-refractivity contribution in [2.24, 2.45) is 0 Å². The van der Waals surface area contributed by atoms with E-state index in [-0.39, 0.29) is 17.9 Å². The Labute approximate surface area is 216 Å². The van der Waals surface area contributed by atoms with Crippen LogP contribution >= 0.6 is 34.8 Å². The van der Waals surface area contributed by atoms with Crippen molar-refractivity contribution in [3.05, 3.63) is 117 Å². The number of benzene rings is 3. The van der Waals surface area contributed by atoms with Gasteiger partial charge in [-0.2, -0.15) is 4.98 Å². The quantitative estimate of drug-likeness (QED) is 0.278. The number of carbonyl (C=O) groups excluding carboxylic acids is 1. The number of rotatable bonds is 5. The van der Waals surface area contributed by atoms with Gasteiger partial charge in [-0.3, -0.25) is 10.1 Å². The number of hydrogen-bond acceptors (Lipinski definition) is 4. The lowest BCUT2D eigenvalue weighted by Crippen LogP contribution is -2.20. The fraction of sp³-hybridized carbons (Fsp3) is 0.0385. The minimum atomic E-state index is -0.350. The Hall–Kier alpha value is -3.58. The summed E-state index contributed by atoms with van der Waals surface area (Å²) in [6.45, 7) is 0. The Morgan fingerprint density at radius 2 is 1.49 bits per heavy atom. The molecule has 4 aromatic rings. The van der Waals surface area contributed by atoms with Gasteiger partial charge in [-0.05, 0) is 65.2 Å². The molecule has 6 nitrogen and oxygen atoms in total. The topological polar surface area (TPSA) is 71.8 Å². The van der Waals surface area contributed by atoms with Crippen LogP contribution in [-0.2, 0) is 4.79 Å². The third-order valence-corrected chi connectivity index (χ3v) is 6.12. The first-order valence-electron chi connectivity index (χ1n) is 10.7. The summed E-state index contributed by atoms with van der Waals surface area (Å²) in [5.41, 5.74) is 3.61. The maximum absolute atomic E-state index is 12.5. The molecule has 0 spiro atoms. The molecule has 1 atom stereocenters. The van der Waals surface area contributed by atoms with Gasteiger partial charge >= 0.3 is 0 Å². The third-order valence-electron chi connectivity index (χ3n) is 5.36.